The van der Waals surface area contributed by atoms with Crippen LogP contribution >= 0.6 is 0 Å². The Morgan fingerprint density at radius 2 is 1.94 bits per heavy atom. The van der Waals surface area contributed by atoms with Crippen LogP contribution in [0.4, 0.5) is 18.9 Å². The van der Waals surface area contributed by atoms with E-state index in [1.165, 1.54) is 11.1 Å². The lowest BCUT2D eigenvalue weighted by atomic mass is 9.72. The van der Waals surface area contributed by atoms with Crippen LogP contribution in [-0.2, 0) is 15.0 Å². The zero-order valence-corrected chi connectivity index (χ0v) is 19.4. The molecule has 2 N–H and O–H groups in total. The van der Waals surface area contributed by atoms with Crippen molar-refractivity contribution in [2.75, 3.05) is 31.1 Å². The molecular formula is C24H23F3N6O3. The number of alkyl halides is 3. The number of aryl methyl sites for hydroxylation is 1. The molecule has 5 rings (SSSR count). The number of likely N-dealkylation sites (tertiary alicyclic amines) is 1. The van der Waals surface area contributed by atoms with E-state index >= 15 is 0 Å². The molecule has 1 fully saturated rings. The van der Waals surface area contributed by atoms with Crippen LogP contribution in [0.25, 0.3) is 11.0 Å². The summed E-state index contributed by atoms with van der Waals surface area (Å²) in [5.74, 6) is -1.43. The standard InChI is InChI=1S/C24H23F3N6O3/c1-14-3-2-4-17-19(14)23(22(36)33(17)12-18(34)29-13-24(25,26)27)5-7-32(8-6-23)21(35)16-9-15-11-30-31-20(15)28-10-16/h2-4,9-11H,5-8,12-13H2,1H3,(H,29,34)(H,28,30,31). The van der Waals surface area contributed by atoms with Crippen LogP contribution in [0.1, 0.15) is 34.3 Å². The van der Waals surface area contributed by atoms with E-state index < -0.39 is 30.6 Å². The third-order valence-electron chi connectivity index (χ3n) is 6.90. The molecular weight excluding hydrogens is 477 g/mol. The van der Waals surface area contributed by atoms with Crippen molar-refractivity contribution in [1.29, 1.82) is 0 Å². The number of pyridine rings is 1. The Bertz CT molecular complexity index is 1360. The number of anilines is 1. The van der Waals surface area contributed by atoms with Gasteiger partial charge in [-0.25, -0.2) is 4.98 Å². The number of hydrogen-bond donors (Lipinski definition) is 2. The van der Waals surface area contributed by atoms with Gasteiger partial charge in [-0.15, -0.1) is 0 Å². The van der Waals surface area contributed by atoms with Crippen molar-refractivity contribution in [1.82, 2.24) is 25.4 Å². The second-order valence-electron chi connectivity index (χ2n) is 9.16. The summed E-state index contributed by atoms with van der Waals surface area (Å²) in [6.45, 7) is 0.499. The largest absolute Gasteiger partial charge is 0.405 e. The maximum absolute atomic E-state index is 13.7. The zero-order chi connectivity index (χ0) is 25.7. The van der Waals surface area contributed by atoms with Crippen molar-refractivity contribution in [2.24, 2.45) is 0 Å². The molecule has 0 bridgehead atoms. The molecule has 0 radical (unpaired) electrons. The highest BCUT2D eigenvalue weighted by Gasteiger charge is 2.53. The molecule has 2 aromatic heterocycles. The number of nitrogens with zero attached hydrogens (tertiary/aromatic N) is 4. The van der Waals surface area contributed by atoms with Gasteiger partial charge in [0.15, 0.2) is 5.65 Å². The van der Waals surface area contributed by atoms with E-state index in [0.717, 1.165) is 11.1 Å². The molecule has 1 spiro atoms. The Hall–Kier alpha value is -3.96. The summed E-state index contributed by atoms with van der Waals surface area (Å²) in [5.41, 5.74) is 2.19. The van der Waals surface area contributed by atoms with Crippen LogP contribution in [0.2, 0.25) is 0 Å². The van der Waals surface area contributed by atoms with Gasteiger partial charge in [0.25, 0.3) is 5.91 Å². The first kappa shape index (κ1) is 23.8. The minimum absolute atomic E-state index is 0.209. The van der Waals surface area contributed by atoms with E-state index in [1.807, 2.05) is 18.3 Å². The SMILES string of the molecule is Cc1cccc2c1C1(CCN(C(=O)c3cnc4[nH]ncc4c3)CC1)C(=O)N2CC(=O)NCC(F)(F)F. The van der Waals surface area contributed by atoms with Crippen molar-refractivity contribution in [3.8, 4) is 0 Å². The highest BCUT2D eigenvalue weighted by atomic mass is 19.4. The smallest absolute Gasteiger partial charge is 0.345 e. The minimum Gasteiger partial charge on any atom is -0.345 e. The second-order valence-corrected chi connectivity index (χ2v) is 9.16. The molecule has 0 atom stereocenters. The lowest BCUT2D eigenvalue weighted by Crippen LogP contribution is -2.51. The lowest BCUT2D eigenvalue weighted by molar-refractivity contribution is -0.138. The van der Waals surface area contributed by atoms with Crippen molar-refractivity contribution >= 4 is 34.4 Å². The molecule has 0 unspecified atom stereocenters. The predicted molar refractivity (Wildman–Crippen MR) is 123 cm³/mol. The number of amides is 3. The molecule has 9 nitrogen and oxygen atoms in total. The van der Waals surface area contributed by atoms with Gasteiger partial charge >= 0.3 is 6.18 Å². The van der Waals surface area contributed by atoms with E-state index in [0.29, 0.717) is 48.2 Å². The molecule has 12 heteroatoms. The molecule has 2 aliphatic heterocycles. The Morgan fingerprint density at radius 3 is 2.67 bits per heavy atom. The van der Waals surface area contributed by atoms with Crippen molar-refractivity contribution in [3.05, 3.63) is 53.3 Å². The average Bonchev–Trinajstić information content (AvgIpc) is 3.40. The number of aromatic amines is 1. The summed E-state index contributed by atoms with van der Waals surface area (Å²) in [5, 5.41) is 9.20. The van der Waals surface area contributed by atoms with Crippen LogP contribution < -0.4 is 10.2 Å². The number of carbonyl (C=O) groups is 3. The fourth-order valence-electron chi connectivity index (χ4n) is 5.22. The first-order valence-electron chi connectivity index (χ1n) is 11.4. The van der Waals surface area contributed by atoms with Crippen molar-refractivity contribution < 1.29 is 27.6 Å². The second kappa shape index (κ2) is 8.61. The maximum Gasteiger partial charge on any atom is 0.405 e. The number of hydrogen-bond acceptors (Lipinski definition) is 5. The zero-order valence-electron chi connectivity index (χ0n) is 19.4. The predicted octanol–water partition coefficient (Wildman–Crippen LogP) is 2.47. The van der Waals surface area contributed by atoms with Gasteiger partial charge in [0.1, 0.15) is 13.1 Å². The fraction of sp³-hybridized carbons (Fsp3) is 0.375. The Labute approximate surface area is 203 Å². The monoisotopic (exact) mass is 500 g/mol. The first-order chi connectivity index (χ1) is 17.1. The number of halogens is 3. The molecule has 1 aromatic carbocycles. The summed E-state index contributed by atoms with van der Waals surface area (Å²) in [7, 11) is 0. The van der Waals surface area contributed by atoms with Crippen LogP contribution in [0.15, 0.2) is 36.7 Å². The number of fused-ring (bicyclic) bond motifs is 3. The quantitative estimate of drug-likeness (QED) is 0.572. The van der Waals surface area contributed by atoms with Gasteiger partial charge in [-0.1, -0.05) is 12.1 Å². The molecule has 0 saturated carbocycles. The minimum atomic E-state index is -4.54. The van der Waals surface area contributed by atoms with Crippen LogP contribution in [-0.4, -0.2) is 70.2 Å². The van der Waals surface area contributed by atoms with Crippen LogP contribution in [0.5, 0.6) is 0 Å². The summed E-state index contributed by atoms with van der Waals surface area (Å²) in [6, 6.07) is 7.03. The normalized spacial score (nSPS) is 17.1. The summed E-state index contributed by atoms with van der Waals surface area (Å²) < 4.78 is 37.6. The number of aromatic nitrogens is 3. The fourth-order valence-corrected chi connectivity index (χ4v) is 5.22. The third kappa shape index (κ3) is 4.06. The number of piperidine rings is 1. The van der Waals surface area contributed by atoms with E-state index in [2.05, 4.69) is 15.2 Å². The summed E-state index contributed by atoms with van der Waals surface area (Å²) in [6.07, 6.45) is -0.818. The molecule has 3 aromatic rings. The van der Waals surface area contributed by atoms with Crippen molar-refractivity contribution in [3.63, 3.8) is 0 Å². The lowest BCUT2D eigenvalue weighted by Gasteiger charge is -2.39. The number of rotatable bonds is 4. The maximum atomic E-state index is 13.7. The van der Waals surface area contributed by atoms with E-state index in [-0.39, 0.29) is 11.8 Å². The van der Waals surface area contributed by atoms with Gasteiger partial charge in [-0.2, -0.15) is 18.3 Å². The van der Waals surface area contributed by atoms with E-state index in [4.69, 9.17) is 0 Å². The topological polar surface area (TPSA) is 111 Å². The number of carbonyl (C=O) groups excluding carboxylic acids is 3. The van der Waals surface area contributed by atoms with Gasteiger partial charge in [0.2, 0.25) is 11.8 Å². The van der Waals surface area contributed by atoms with Crippen LogP contribution in [0, 0.1) is 6.92 Å². The van der Waals surface area contributed by atoms with Crippen LogP contribution in [0.3, 0.4) is 0 Å². The molecule has 36 heavy (non-hydrogen) atoms. The van der Waals surface area contributed by atoms with Gasteiger partial charge < -0.3 is 15.1 Å². The molecule has 188 valence electrons. The average molecular weight is 500 g/mol. The van der Waals surface area contributed by atoms with Crippen molar-refractivity contribution in [2.45, 2.75) is 31.4 Å². The molecule has 3 amide bonds. The Balaban J connectivity index is 1.36. The van der Waals surface area contributed by atoms with Gasteiger partial charge in [0.05, 0.1) is 17.2 Å². The van der Waals surface area contributed by atoms with E-state index in [9.17, 15) is 27.6 Å². The molecule has 2 aliphatic rings. The Morgan fingerprint density at radius 1 is 1.19 bits per heavy atom. The van der Waals surface area contributed by atoms with Gasteiger partial charge in [0, 0.05) is 30.4 Å². The summed E-state index contributed by atoms with van der Waals surface area (Å²) >= 11 is 0. The molecule has 4 heterocycles. The number of benzene rings is 1. The summed E-state index contributed by atoms with van der Waals surface area (Å²) in [4.78, 5) is 46.2. The highest BCUT2D eigenvalue weighted by molar-refractivity contribution is 6.11. The first-order valence-corrected chi connectivity index (χ1v) is 11.4. The van der Waals surface area contributed by atoms with Gasteiger partial charge in [-0.3, -0.25) is 19.5 Å². The highest BCUT2D eigenvalue weighted by Crippen LogP contribution is 2.49. The van der Waals surface area contributed by atoms with E-state index in [1.54, 1.807) is 29.3 Å². The van der Waals surface area contributed by atoms with Gasteiger partial charge in [-0.05, 0) is 43.0 Å². The number of nitrogens with one attached hydrogen (secondary N) is 2. The Kier molecular flexibility index (Phi) is 5.68. The number of H-pyrrole nitrogens is 1. The molecule has 0 aliphatic carbocycles. The molecule has 1 saturated heterocycles. The third-order valence-corrected chi connectivity index (χ3v) is 6.90.